The standard InChI is InChI=1S/C29H35N5O5S/c1-18(2)14-22-17-39-26-16-24(27-19(3)8-5-9-20(27)4)31-29(32-26)33-40(37,38)23-11-6-10-21(15-23)28(36)34(22)13-7-12-25(30)35/h5-6,8-11,15-16,18,22H,7,12-14,17H2,1-4H3,(H2,30,35)(H,31,32,33)/t22-/m1/s1. The van der Waals surface area contributed by atoms with Crippen molar-refractivity contribution in [1.29, 1.82) is 0 Å². The third kappa shape index (κ3) is 6.77. The Morgan fingerprint density at radius 1 is 1.12 bits per heavy atom. The Labute approximate surface area is 235 Å². The second kappa shape index (κ2) is 12.0. The Bertz CT molecular complexity index is 1500. The third-order valence-corrected chi connectivity index (χ3v) is 8.07. The summed E-state index contributed by atoms with van der Waals surface area (Å²) in [5.74, 6) is -0.555. The highest BCUT2D eigenvalue weighted by atomic mass is 32.2. The highest BCUT2D eigenvalue weighted by Gasteiger charge is 2.29. The number of sulfonamides is 1. The number of ether oxygens (including phenoxy) is 1. The van der Waals surface area contributed by atoms with Crippen LogP contribution in [-0.2, 0) is 14.8 Å². The smallest absolute Gasteiger partial charge is 0.264 e. The van der Waals surface area contributed by atoms with E-state index in [0.29, 0.717) is 18.5 Å². The van der Waals surface area contributed by atoms with E-state index in [2.05, 4.69) is 14.7 Å². The van der Waals surface area contributed by atoms with Crippen molar-refractivity contribution in [1.82, 2.24) is 14.9 Å². The number of carbonyl (C=O) groups is 2. The van der Waals surface area contributed by atoms with Crippen LogP contribution in [0.4, 0.5) is 5.95 Å². The number of carbonyl (C=O) groups excluding carboxylic acids is 2. The molecule has 40 heavy (non-hydrogen) atoms. The number of hydrogen-bond acceptors (Lipinski definition) is 7. The number of nitrogens with two attached hydrogens (primary N) is 1. The van der Waals surface area contributed by atoms with Gasteiger partial charge in [0.2, 0.25) is 17.7 Å². The molecule has 10 nitrogen and oxygen atoms in total. The molecule has 1 aliphatic heterocycles. The number of fused-ring (bicyclic) bond motifs is 4. The minimum absolute atomic E-state index is 0.0985. The Morgan fingerprint density at radius 2 is 1.82 bits per heavy atom. The van der Waals surface area contributed by atoms with Crippen molar-refractivity contribution >= 4 is 27.8 Å². The fourth-order valence-corrected chi connectivity index (χ4v) is 5.91. The summed E-state index contributed by atoms with van der Waals surface area (Å²) in [7, 11) is -4.14. The lowest BCUT2D eigenvalue weighted by Crippen LogP contribution is -2.45. The fraction of sp³-hybridized carbons (Fsp3) is 0.379. The van der Waals surface area contributed by atoms with Crippen LogP contribution in [0.2, 0.25) is 0 Å². The number of aryl methyl sites for hydroxylation is 2. The molecule has 2 aromatic carbocycles. The molecule has 3 N–H and O–H groups in total. The molecule has 4 bridgehead atoms. The van der Waals surface area contributed by atoms with E-state index in [1.165, 1.54) is 18.2 Å². The van der Waals surface area contributed by atoms with Crippen molar-refractivity contribution in [2.24, 2.45) is 11.7 Å². The Balaban J connectivity index is 1.86. The van der Waals surface area contributed by atoms with E-state index in [-0.39, 0.29) is 59.7 Å². The zero-order valence-corrected chi connectivity index (χ0v) is 24.0. The van der Waals surface area contributed by atoms with Gasteiger partial charge in [0.15, 0.2) is 0 Å². The molecule has 2 heterocycles. The number of nitrogens with one attached hydrogen (secondary N) is 1. The van der Waals surface area contributed by atoms with E-state index < -0.39 is 15.9 Å². The van der Waals surface area contributed by atoms with Crippen LogP contribution in [0.1, 0.15) is 54.6 Å². The zero-order chi connectivity index (χ0) is 29.0. The summed E-state index contributed by atoms with van der Waals surface area (Å²) >= 11 is 0. The van der Waals surface area contributed by atoms with Crippen LogP contribution < -0.4 is 15.2 Å². The molecule has 1 aliphatic rings. The monoisotopic (exact) mass is 565 g/mol. The van der Waals surface area contributed by atoms with Crippen LogP contribution >= 0.6 is 0 Å². The van der Waals surface area contributed by atoms with Gasteiger partial charge >= 0.3 is 0 Å². The van der Waals surface area contributed by atoms with Gasteiger partial charge in [-0.2, -0.15) is 4.98 Å². The van der Waals surface area contributed by atoms with E-state index in [9.17, 15) is 18.0 Å². The molecule has 0 aliphatic carbocycles. The quantitative estimate of drug-likeness (QED) is 0.439. The van der Waals surface area contributed by atoms with E-state index in [0.717, 1.165) is 16.7 Å². The summed E-state index contributed by atoms with van der Waals surface area (Å²) < 4.78 is 35.4. The summed E-state index contributed by atoms with van der Waals surface area (Å²) in [6.45, 7) is 8.36. The number of amides is 2. The van der Waals surface area contributed by atoms with Crippen LogP contribution in [0.5, 0.6) is 5.88 Å². The lowest BCUT2D eigenvalue weighted by atomic mass is 10.00. The number of rotatable bonds is 7. The van der Waals surface area contributed by atoms with Crippen molar-refractivity contribution in [3.05, 3.63) is 65.2 Å². The largest absolute Gasteiger partial charge is 0.475 e. The Morgan fingerprint density at radius 3 is 2.50 bits per heavy atom. The summed E-state index contributed by atoms with van der Waals surface area (Å²) in [6, 6.07) is 13.0. The van der Waals surface area contributed by atoms with Crippen molar-refractivity contribution < 1.29 is 22.7 Å². The third-order valence-electron chi connectivity index (χ3n) is 6.75. The number of aromatic nitrogens is 2. The minimum atomic E-state index is -4.14. The molecule has 0 fully saturated rings. The molecule has 0 radical (unpaired) electrons. The highest BCUT2D eigenvalue weighted by molar-refractivity contribution is 7.92. The second-order valence-corrected chi connectivity index (χ2v) is 12.2. The van der Waals surface area contributed by atoms with Gasteiger partial charge in [0.05, 0.1) is 16.6 Å². The first-order valence-electron chi connectivity index (χ1n) is 13.2. The van der Waals surface area contributed by atoms with E-state index in [1.807, 2.05) is 45.9 Å². The molecule has 0 unspecified atom stereocenters. The van der Waals surface area contributed by atoms with Crippen molar-refractivity contribution in [2.45, 2.75) is 57.9 Å². The van der Waals surface area contributed by atoms with Gasteiger partial charge in [-0.15, -0.1) is 0 Å². The normalized spacial score (nSPS) is 16.8. The van der Waals surface area contributed by atoms with E-state index in [1.54, 1.807) is 17.0 Å². The van der Waals surface area contributed by atoms with Crippen molar-refractivity contribution in [3.63, 3.8) is 0 Å². The van der Waals surface area contributed by atoms with Gasteiger partial charge in [-0.25, -0.2) is 18.1 Å². The molecule has 0 spiro atoms. The van der Waals surface area contributed by atoms with Crippen LogP contribution in [0, 0.1) is 19.8 Å². The van der Waals surface area contributed by atoms with Crippen molar-refractivity contribution in [2.75, 3.05) is 17.9 Å². The summed E-state index contributed by atoms with van der Waals surface area (Å²) in [6.07, 6.45) is 1.09. The van der Waals surface area contributed by atoms with Gasteiger partial charge in [0.25, 0.3) is 15.9 Å². The minimum Gasteiger partial charge on any atom is -0.475 e. The molecule has 1 atom stereocenters. The lowest BCUT2D eigenvalue weighted by molar-refractivity contribution is -0.118. The Hall–Kier alpha value is -3.99. The van der Waals surface area contributed by atoms with E-state index in [4.69, 9.17) is 10.5 Å². The average molecular weight is 566 g/mol. The van der Waals surface area contributed by atoms with Crippen LogP contribution in [0.15, 0.2) is 53.4 Å². The number of benzene rings is 2. The summed E-state index contributed by atoms with van der Waals surface area (Å²) in [4.78, 5) is 35.7. The first kappa shape index (κ1) is 29.0. The van der Waals surface area contributed by atoms with Crippen LogP contribution in [0.3, 0.4) is 0 Å². The molecule has 0 saturated carbocycles. The number of nitrogens with zero attached hydrogens (tertiary/aromatic N) is 3. The average Bonchev–Trinajstić information content (AvgIpc) is 2.88. The molecule has 4 rings (SSSR count). The van der Waals surface area contributed by atoms with Gasteiger partial charge in [-0.1, -0.05) is 38.1 Å². The summed E-state index contributed by atoms with van der Waals surface area (Å²) in [5, 5.41) is 0. The highest BCUT2D eigenvalue weighted by Crippen LogP contribution is 2.30. The van der Waals surface area contributed by atoms with Gasteiger partial charge in [-0.05, 0) is 61.9 Å². The Kier molecular flexibility index (Phi) is 8.73. The molecular formula is C29H35N5O5S. The van der Waals surface area contributed by atoms with Gasteiger partial charge in [-0.3, -0.25) is 9.59 Å². The van der Waals surface area contributed by atoms with Gasteiger partial charge in [0.1, 0.15) is 6.61 Å². The maximum absolute atomic E-state index is 13.8. The molecule has 3 aromatic rings. The molecule has 0 saturated heterocycles. The van der Waals surface area contributed by atoms with Crippen LogP contribution in [-0.4, -0.2) is 54.3 Å². The fourth-order valence-electron chi connectivity index (χ4n) is 4.92. The predicted molar refractivity (Wildman–Crippen MR) is 152 cm³/mol. The number of anilines is 1. The molecule has 11 heteroatoms. The second-order valence-electron chi connectivity index (χ2n) is 10.5. The first-order valence-corrected chi connectivity index (χ1v) is 14.7. The molecule has 1 aromatic heterocycles. The SMILES string of the molecule is Cc1cccc(C)c1-c1cc2nc(n1)NS(=O)(=O)c1cccc(c1)C(=O)N(CCCC(N)=O)[C@H](CC(C)C)CO2. The maximum Gasteiger partial charge on any atom is 0.264 e. The molecule has 2 amide bonds. The lowest BCUT2D eigenvalue weighted by Gasteiger charge is -2.33. The topological polar surface area (TPSA) is 145 Å². The molecular weight excluding hydrogens is 530 g/mol. The van der Waals surface area contributed by atoms with E-state index >= 15 is 0 Å². The first-order chi connectivity index (χ1) is 18.9. The maximum atomic E-state index is 13.8. The predicted octanol–water partition coefficient (Wildman–Crippen LogP) is 4.08. The van der Waals surface area contributed by atoms with Gasteiger partial charge < -0.3 is 15.4 Å². The van der Waals surface area contributed by atoms with Crippen LogP contribution in [0.25, 0.3) is 11.3 Å². The van der Waals surface area contributed by atoms with Gasteiger partial charge in [0, 0.05) is 30.2 Å². The zero-order valence-electron chi connectivity index (χ0n) is 23.2. The summed E-state index contributed by atoms with van der Waals surface area (Å²) in [5.41, 5.74) is 8.86. The number of hydrogen-bond donors (Lipinski definition) is 2. The van der Waals surface area contributed by atoms with Crippen molar-refractivity contribution in [3.8, 4) is 17.1 Å². The number of primary amides is 1. The molecule has 212 valence electrons.